The van der Waals surface area contributed by atoms with E-state index in [9.17, 15) is 14.4 Å². The number of esters is 1. The molecule has 1 heterocycles. The highest BCUT2D eigenvalue weighted by molar-refractivity contribution is 7.16. The molecule has 2 N–H and O–H groups in total. The predicted molar refractivity (Wildman–Crippen MR) is 105 cm³/mol. The molecule has 0 spiro atoms. The van der Waals surface area contributed by atoms with Crippen molar-refractivity contribution in [2.75, 3.05) is 5.32 Å². The number of hydrogen-bond donors (Lipinski definition) is 2. The summed E-state index contributed by atoms with van der Waals surface area (Å²) in [5, 5.41) is 6.36. The smallest absolute Gasteiger partial charge is 0.342 e. The highest BCUT2D eigenvalue weighted by atomic mass is 32.1. The van der Waals surface area contributed by atoms with Gasteiger partial charge < -0.3 is 15.4 Å². The van der Waals surface area contributed by atoms with Gasteiger partial charge >= 0.3 is 5.97 Å². The summed E-state index contributed by atoms with van der Waals surface area (Å²) in [5.74, 6) is -0.817. The largest absolute Gasteiger partial charge is 0.449 e. The van der Waals surface area contributed by atoms with Crippen LogP contribution in [-0.4, -0.2) is 29.9 Å². The van der Waals surface area contributed by atoms with Crippen molar-refractivity contribution in [1.82, 2.24) is 5.32 Å². The first kappa shape index (κ1) is 19.9. The quantitative estimate of drug-likeness (QED) is 0.723. The molecule has 148 valence electrons. The van der Waals surface area contributed by atoms with Crippen molar-refractivity contribution in [3.05, 3.63) is 16.0 Å². The Kier molecular flexibility index (Phi) is 6.19. The SMILES string of the molecule is Cc1sc(NC(=O)C2CC2)c(C(=O)O[C@@H](C)C(=O)NC2CCCCC2)c1C. The van der Waals surface area contributed by atoms with Gasteiger partial charge in [-0.1, -0.05) is 19.3 Å². The monoisotopic (exact) mass is 392 g/mol. The molecule has 1 aromatic rings. The highest BCUT2D eigenvalue weighted by Crippen LogP contribution is 2.36. The van der Waals surface area contributed by atoms with Crippen LogP contribution in [0.3, 0.4) is 0 Å². The van der Waals surface area contributed by atoms with Crippen LogP contribution >= 0.6 is 11.3 Å². The zero-order valence-corrected chi connectivity index (χ0v) is 17.0. The molecule has 1 atom stereocenters. The number of thiophene rings is 1. The zero-order valence-electron chi connectivity index (χ0n) is 16.2. The van der Waals surface area contributed by atoms with E-state index in [1.54, 1.807) is 6.92 Å². The molecule has 1 aromatic heterocycles. The van der Waals surface area contributed by atoms with Gasteiger partial charge in [-0.25, -0.2) is 4.79 Å². The van der Waals surface area contributed by atoms with Gasteiger partial charge in [0.05, 0.1) is 5.56 Å². The Balaban J connectivity index is 1.63. The summed E-state index contributed by atoms with van der Waals surface area (Å²) in [6.45, 7) is 5.33. The molecule has 2 amide bonds. The predicted octanol–water partition coefficient (Wildman–Crippen LogP) is 3.71. The number of nitrogens with one attached hydrogen (secondary N) is 2. The summed E-state index contributed by atoms with van der Waals surface area (Å²) in [7, 11) is 0. The fraction of sp³-hybridized carbons (Fsp3) is 0.650. The molecule has 0 bridgehead atoms. The van der Waals surface area contributed by atoms with E-state index in [2.05, 4.69) is 10.6 Å². The molecule has 2 saturated carbocycles. The third-order valence-electron chi connectivity index (χ3n) is 5.38. The maximum absolute atomic E-state index is 12.7. The number of anilines is 1. The van der Waals surface area contributed by atoms with Gasteiger partial charge in [0.1, 0.15) is 5.00 Å². The van der Waals surface area contributed by atoms with Gasteiger partial charge in [-0.05, 0) is 52.0 Å². The van der Waals surface area contributed by atoms with Crippen molar-refractivity contribution in [2.24, 2.45) is 5.92 Å². The summed E-state index contributed by atoms with van der Waals surface area (Å²) in [5.41, 5.74) is 1.15. The minimum atomic E-state index is -0.869. The maximum atomic E-state index is 12.7. The Morgan fingerprint density at radius 1 is 1.07 bits per heavy atom. The van der Waals surface area contributed by atoms with Gasteiger partial charge in [0.15, 0.2) is 6.10 Å². The second kappa shape index (κ2) is 8.42. The first-order valence-corrected chi connectivity index (χ1v) is 10.6. The lowest BCUT2D eigenvalue weighted by Crippen LogP contribution is -2.42. The molecule has 0 unspecified atom stereocenters. The summed E-state index contributed by atoms with van der Waals surface area (Å²) < 4.78 is 5.44. The van der Waals surface area contributed by atoms with Crippen LogP contribution in [0.1, 0.15) is 72.7 Å². The average molecular weight is 393 g/mol. The highest BCUT2D eigenvalue weighted by Gasteiger charge is 2.32. The topological polar surface area (TPSA) is 84.5 Å². The molecule has 2 aliphatic rings. The molecule has 0 aliphatic heterocycles. The Morgan fingerprint density at radius 2 is 1.74 bits per heavy atom. The number of carbonyl (C=O) groups excluding carboxylic acids is 3. The van der Waals surface area contributed by atoms with Crippen LogP contribution in [0.4, 0.5) is 5.00 Å². The second-order valence-corrected chi connectivity index (χ2v) is 8.87. The first-order chi connectivity index (χ1) is 12.9. The Morgan fingerprint density at radius 3 is 2.37 bits per heavy atom. The van der Waals surface area contributed by atoms with Crippen LogP contribution in [0, 0.1) is 19.8 Å². The standard InChI is InChI=1S/C20H28N2O4S/c1-11-13(3)27-19(22-18(24)14-9-10-14)16(11)20(25)26-12(2)17(23)21-15-7-5-4-6-8-15/h12,14-15H,4-10H2,1-3H3,(H,21,23)(H,22,24)/t12-/m0/s1. The van der Waals surface area contributed by atoms with Gasteiger partial charge in [0.25, 0.3) is 5.91 Å². The van der Waals surface area contributed by atoms with E-state index in [0.29, 0.717) is 10.6 Å². The van der Waals surface area contributed by atoms with Crippen molar-refractivity contribution in [2.45, 2.75) is 77.9 Å². The number of aryl methyl sites for hydroxylation is 1. The van der Waals surface area contributed by atoms with Crippen molar-refractivity contribution in [1.29, 1.82) is 0 Å². The number of hydrogen-bond acceptors (Lipinski definition) is 5. The van der Waals surface area contributed by atoms with E-state index >= 15 is 0 Å². The summed E-state index contributed by atoms with van der Waals surface area (Å²) in [4.78, 5) is 38.2. The molecule has 0 aromatic carbocycles. The molecule has 6 nitrogen and oxygen atoms in total. The minimum Gasteiger partial charge on any atom is -0.449 e. The maximum Gasteiger partial charge on any atom is 0.342 e. The molecule has 2 fully saturated rings. The Hall–Kier alpha value is -1.89. The van der Waals surface area contributed by atoms with E-state index in [1.165, 1.54) is 17.8 Å². The normalized spacial score (nSPS) is 18.6. The van der Waals surface area contributed by atoms with Crippen LogP contribution in [-0.2, 0) is 14.3 Å². The number of rotatable bonds is 6. The van der Waals surface area contributed by atoms with Crippen molar-refractivity contribution < 1.29 is 19.1 Å². The molecule has 0 radical (unpaired) electrons. The number of carbonyl (C=O) groups is 3. The van der Waals surface area contributed by atoms with Crippen LogP contribution < -0.4 is 10.6 Å². The molecule has 27 heavy (non-hydrogen) atoms. The average Bonchev–Trinajstić information content (AvgIpc) is 3.43. The van der Waals surface area contributed by atoms with Gasteiger partial charge in [-0.15, -0.1) is 11.3 Å². The van der Waals surface area contributed by atoms with Crippen LogP contribution in [0.5, 0.6) is 0 Å². The molecule has 2 aliphatic carbocycles. The number of amides is 2. The summed E-state index contributed by atoms with van der Waals surface area (Å²) in [6, 6.07) is 0.172. The Labute approximate surface area is 164 Å². The van der Waals surface area contributed by atoms with Gasteiger partial charge in [0, 0.05) is 16.8 Å². The van der Waals surface area contributed by atoms with Crippen molar-refractivity contribution in [3.63, 3.8) is 0 Å². The molecule has 0 saturated heterocycles. The molecule has 3 rings (SSSR count). The van der Waals surface area contributed by atoms with Gasteiger partial charge in [0.2, 0.25) is 5.91 Å². The van der Waals surface area contributed by atoms with Crippen LogP contribution in [0.25, 0.3) is 0 Å². The zero-order chi connectivity index (χ0) is 19.6. The van der Waals surface area contributed by atoms with E-state index in [-0.39, 0.29) is 23.8 Å². The molecular formula is C20H28N2O4S. The minimum absolute atomic E-state index is 0.0478. The Bertz CT molecular complexity index is 733. The van der Waals surface area contributed by atoms with E-state index in [0.717, 1.165) is 49.0 Å². The number of ether oxygens (including phenoxy) is 1. The summed E-state index contributed by atoms with van der Waals surface area (Å²) in [6.07, 6.45) is 6.33. The van der Waals surface area contributed by atoms with Gasteiger partial charge in [-0.2, -0.15) is 0 Å². The first-order valence-electron chi connectivity index (χ1n) is 9.79. The fourth-order valence-electron chi connectivity index (χ4n) is 3.36. The van der Waals surface area contributed by atoms with Crippen molar-refractivity contribution >= 4 is 34.1 Å². The van der Waals surface area contributed by atoms with Crippen LogP contribution in [0.15, 0.2) is 0 Å². The molecular weight excluding hydrogens is 364 g/mol. The fourth-order valence-corrected chi connectivity index (χ4v) is 4.41. The van der Waals surface area contributed by atoms with E-state index in [1.807, 2.05) is 13.8 Å². The van der Waals surface area contributed by atoms with Gasteiger partial charge in [-0.3, -0.25) is 9.59 Å². The van der Waals surface area contributed by atoms with E-state index < -0.39 is 12.1 Å². The van der Waals surface area contributed by atoms with E-state index in [4.69, 9.17) is 4.74 Å². The lowest BCUT2D eigenvalue weighted by atomic mass is 9.95. The molecule has 7 heteroatoms. The van der Waals surface area contributed by atoms with Crippen molar-refractivity contribution in [3.8, 4) is 0 Å². The summed E-state index contributed by atoms with van der Waals surface area (Å²) >= 11 is 1.37. The van der Waals surface area contributed by atoms with Crippen LogP contribution in [0.2, 0.25) is 0 Å². The lowest BCUT2D eigenvalue weighted by Gasteiger charge is -2.24. The third kappa shape index (κ3) is 4.89. The lowest BCUT2D eigenvalue weighted by molar-refractivity contribution is -0.130. The third-order valence-corrected chi connectivity index (χ3v) is 6.50. The second-order valence-electron chi connectivity index (χ2n) is 7.64.